The molecule has 9 heteroatoms. The molecule has 0 N–H and O–H groups in total. The van der Waals surface area contributed by atoms with Crippen molar-refractivity contribution in [2.45, 2.75) is 13.2 Å². The zero-order chi connectivity index (χ0) is 21.9. The number of hydrogen-bond donors (Lipinski definition) is 0. The van der Waals surface area contributed by atoms with E-state index < -0.39 is 11.9 Å². The van der Waals surface area contributed by atoms with E-state index in [1.54, 1.807) is 18.5 Å². The molecule has 0 bridgehead atoms. The Labute approximate surface area is 181 Å². The maximum absolute atomic E-state index is 12.4. The minimum atomic E-state index is -0.656. The van der Waals surface area contributed by atoms with Gasteiger partial charge in [0, 0.05) is 24.8 Å². The van der Waals surface area contributed by atoms with Gasteiger partial charge in [-0.15, -0.1) is 0 Å². The lowest BCUT2D eigenvalue weighted by atomic mass is 10.3. The maximum atomic E-state index is 12.4. The van der Waals surface area contributed by atoms with E-state index in [1.165, 1.54) is 12.1 Å². The maximum Gasteiger partial charge on any atom is 0.357 e. The van der Waals surface area contributed by atoms with Crippen LogP contribution < -0.4 is 0 Å². The molecule has 0 aliphatic carbocycles. The molecular weight excluding hydrogens is 410 g/mol. The van der Waals surface area contributed by atoms with Crippen LogP contribution in [0, 0.1) is 0 Å². The summed E-state index contributed by atoms with van der Waals surface area (Å²) in [5.41, 5.74) is 2.74. The van der Waals surface area contributed by atoms with Gasteiger partial charge in [-0.05, 0) is 36.4 Å². The smallest absolute Gasteiger partial charge is 0.357 e. The topological polar surface area (TPSA) is 100 Å². The number of fused-ring (bicyclic) bond motifs is 2. The number of pyridine rings is 3. The van der Waals surface area contributed by atoms with Gasteiger partial charge in [0.05, 0.1) is 11.4 Å². The van der Waals surface area contributed by atoms with Crippen LogP contribution in [0.25, 0.3) is 11.3 Å². The van der Waals surface area contributed by atoms with E-state index in [4.69, 9.17) is 9.47 Å². The third kappa shape index (κ3) is 4.04. The molecule has 0 atom stereocenters. The minimum Gasteiger partial charge on any atom is -0.454 e. The number of carbonyl (C=O) groups excluding carboxylic acids is 2. The van der Waals surface area contributed by atoms with E-state index in [0.717, 1.165) is 11.3 Å². The van der Waals surface area contributed by atoms with Crippen LogP contribution in [-0.2, 0) is 22.7 Å². The molecule has 9 nitrogen and oxygen atoms in total. The van der Waals surface area contributed by atoms with Gasteiger partial charge in [0.25, 0.3) is 0 Å². The highest BCUT2D eigenvalue weighted by Crippen LogP contribution is 2.10. The summed E-state index contributed by atoms with van der Waals surface area (Å²) in [4.78, 5) is 37.6. The number of esters is 2. The molecule has 158 valence electrons. The Balaban J connectivity index is 1.21. The summed E-state index contributed by atoms with van der Waals surface area (Å²) in [6, 6.07) is 15.7. The molecule has 0 aliphatic heterocycles. The lowest BCUT2D eigenvalue weighted by molar-refractivity contribution is 0.0452. The SMILES string of the molecule is O=C(OCc1cn2ccccc2n1)c1cccc(C(=O)OCc2cn3ccccc3n2)n1. The predicted octanol–water partition coefficient (Wildman–Crippen LogP) is 3.09. The van der Waals surface area contributed by atoms with Gasteiger partial charge >= 0.3 is 11.9 Å². The average molecular weight is 427 g/mol. The Hall–Kier alpha value is -4.53. The summed E-state index contributed by atoms with van der Waals surface area (Å²) >= 11 is 0. The fourth-order valence-corrected chi connectivity index (χ4v) is 3.20. The Morgan fingerprint density at radius 2 is 1.16 bits per heavy atom. The van der Waals surface area contributed by atoms with Crippen LogP contribution in [-0.4, -0.2) is 35.7 Å². The third-order valence-electron chi connectivity index (χ3n) is 4.70. The molecule has 0 saturated carbocycles. The standard InChI is InChI=1S/C23H17N5O4/c29-22(31-14-16-12-27-10-3-1-8-20(27)24-16)18-6-5-7-19(26-18)23(30)32-15-17-13-28-11-4-2-9-21(28)25-17/h1-13H,14-15H2. The highest BCUT2D eigenvalue weighted by Gasteiger charge is 2.16. The van der Waals surface area contributed by atoms with Crippen molar-refractivity contribution < 1.29 is 19.1 Å². The Kier molecular flexibility index (Phi) is 5.04. The molecule has 0 amide bonds. The van der Waals surface area contributed by atoms with Gasteiger partial charge in [-0.25, -0.2) is 24.5 Å². The number of imidazole rings is 2. The fraction of sp³-hybridized carbons (Fsp3) is 0.0870. The average Bonchev–Trinajstić information content (AvgIpc) is 3.44. The third-order valence-corrected chi connectivity index (χ3v) is 4.70. The van der Waals surface area contributed by atoms with E-state index in [9.17, 15) is 9.59 Å². The van der Waals surface area contributed by atoms with Crippen molar-refractivity contribution in [3.05, 3.63) is 102 Å². The molecule has 5 aromatic rings. The van der Waals surface area contributed by atoms with E-state index in [1.807, 2.05) is 57.6 Å². The van der Waals surface area contributed by atoms with Crippen molar-refractivity contribution in [2.24, 2.45) is 0 Å². The first kappa shape index (κ1) is 19.4. The molecule has 0 radical (unpaired) electrons. The first-order valence-corrected chi connectivity index (χ1v) is 9.82. The molecule has 5 heterocycles. The van der Waals surface area contributed by atoms with E-state index in [0.29, 0.717) is 11.4 Å². The number of nitrogens with zero attached hydrogens (tertiary/aromatic N) is 5. The van der Waals surface area contributed by atoms with Crippen molar-refractivity contribution in [1.29, 1.82) is 0 Å². The van der Waals surface area contributed by atoms with Crippen molar-refractivity contribution in [3.8, 4) is 0 Å². The van der Waals surface area contributed by atoms with Crippen LogP contribution in [0.4, 0.5) is 0 Å². The highest BCUT2D eigenvalue weighted by molar-refractivity contribution is 5.91. The number of hydrogen-bond acceptors (Lipinski definition) is 7. The Bertz CT molecular complexity index is 1270. The summed E-state index contributed by atoms with van der Waals surface area (Å²) in [5.74, 6) is -1.31. The van der Waals surface area contributed by atoms with Crippen LogP contribution >= 0.6 is 0 Å². The quantitative estimate of drug-likeness (QED) is 0.384. The predicted molar refractivity (Wildman–Crippen MR) is 113 cm³/mol. The van der Waals surface area contributed by atoms with Gasteiger partial charge in [0.15, 0.2) is 0 Å². The number of ether oxygens (including phenoxy) is 2. The number of rotatable bonds is 6. The number of aromatic nitrogens is 5. The second-order valence-corrected chi connectivity index (χ2v) is 6.96. The van der Waals surface area contributed by atoms with Crippen LogP contribution in [0.5, 0.6) is 0 Å². The minimum absolute atomic E-state index is 0.00917. The van der Waals surface area contributed by atoms with Gasteiger partial charge in [0.2, 0.25) is 0 Å². The van der Waals surface area contributed by atoms with Gasteiger partial charge in [0.1, 0.15) is 35.9 Å². The van der Waals surface area contributed by atoms with Gasteiger partial charge in [-0.2, -0.15) is 0 Å². The molecule has 0 unspecified atom stereocenters. The molecule has 5 aromatic heterocycles. The molecular formula is C23H17N5O4. The number of carbonyl (C=O) groups is 2. The second-order valence-electron chi connectivity index (χ2n) is 6.96. The molecule has 5 rings (SSSR count). The lowest BCUT2D eigenvalue weighted by Gasteiger charge is -2.05. The normalized spacial score (nSPS) is 11.0. The second kappa shape index (κ2) is 8.31. The summed E-state index contributed by atoms with van der Waals surface area (Å²) < 4.78 is 14.3. The van der Waals surface area contributed by atoms with Crippen molar-refractivity contribution in [2.75, 3.05) is 0 Å². The van der Waals surface area contributed by atoms with E-state index >= 15 is 0 Å². The summed E-state index contributed by atoms with van der Waals surface area (Å²) in [7, 11) is 0. The van der Waals surface area contributed by atoms with Crippen molar-refractivity contribution >= 4 is 23.2 Å². The highest BCUT2D eigenvalue weighted by atomic mass is 16.5. The molecule has 0 aliphatic rings. The zero-order valence-electron chi connectivity index (χ0n) is 16.8. The summed E-state index contributed by atoms with van der Waals surface area (Å²) in [5, 5.41) is 0. The van der Waals surface area contributed by atoms with Crippen molar-refractivity contribution in [3.63, 3.8) is 0 Å². The fourth-order valence-electron chi connectivity index (χ4n) is 3.20. The van der Waals surface area contributed by atoms with E-state index in [2.05, 4.69) is 15.0 Å². The first-order valence-electron chi connectivity index (χ1n) is 9.82. The first-order chi connectivity index (χ1) is 15.7. The summed E-state index contributed by atoms with van der Waals surface area (Å²) in [6.07, 6.45) is 7.28. The van der Waals surface area contributed by atoms with Crippen LogP contribution in [0.2, 0.25) is 0 Å². The van der Waals surface area contributed by atoms with Crippen LogP contribution in [0.1, 0.15) is 32.4 Å². The molecule has 32 heavy (non-hydrogen) atoms. The van der Waals surface area contributed by atoms with Crippen LogP contribution in [0.15, 0.2) is 79.4 Å². The molecule has 0 saturated heterocycles. The Morgan fingerprint density at radius 3 is 1.62 bits per heavy atom. The largest absolute Gasteiger partial charge is 0.454 e. The molecule has 0 fully saturated rings. The Morgan fingerprint density at radius 1 is 0.656 bits per heavy atom. The van der Waals surface area contributed by atoms with Crippen LogP contribution in [0.3, 0.4) is 0 Å². The van der Waals surface area contributed by atoms with Gasteiger partial charge in [-0.3, -0.25) is 0 Å². The van der Waals surface area contributed by atoms with E-state index in [-0.39, 0.29) is 24.6 Å². The van der Waals surface area contributed by atoms with Crippen molar-refractivity contribution in [1.82, 2.24) is 23.8 Å². The summed E-state index contributed by atoms with van der Waals surface area (Å²) in [6.45, 7) is -0.0183. The lowest BCUT2D eigenvalue weighted by Crippen LogP contribution is -2.13. The molecule has 0 aromatic carbocycles. The molecule has 0 spiro atoms. The van der Waals surface area contributed by atoms with Gasteiger partial charge < -0.3 is 18.3 Å². The zero-order valence-corrected chi connectivity index (χ0v) is 16.8. The monoisotopic (exact) mass is 427 g/mol. The van der Waals surface area contributed by atoms with Gasteiger partial charge in [-0.1, -0.05) is 18.2 Å².